The molecule has 1 fully saturated rings. The average molecular weight is 369 g/mol. The van der Waals surface area contributed by atoms with E-state index in [4.69, 9.17) is 0 Å². The Kier molecular flexibility index (Phi) is 6.24. The van der Waals surface area contributed by atoms with E-state index in [1.165, 1.54) is 19.3 Å². The van der Waals surface area contributed by atoms with E-state index in [0.717, 1.165) is 37.3 Å². The van der Waals surface area contributed by atoms with Crippen LogP contribution in [-0.2, 0) is 16.1 Å². The van der Waals surface area contributed by atoms with Gasteiger partial charge in [-0.05, 0) is 57.0 Å². The van der Waals surface area contributed by atoms with E-state index in [1.54, 1.807) is 23.1 Å². The lowest BCUT2D eigenvalue weighted by Crippen LogP contribution is -2.32. The topological polar surface area (TPSA) is 79.3 Å². The van der Waals surface area contributed by atoms with Crippen LogP contribution < -0.4 is 10.6 Å². The van der Waals surface area contributed by atoms with Gasteiger partial charge < -0.3 is 15.5 Å². The summed E-state index contributed by atoms with van der Waals surface area (Å²) < 4.78 is 1.80. The molecule has 2 heterocycles. The summed E-state index contributed by atoms with van der Waals surface area (Å²) in [6.07, 6.45) is 7.16. The number of rotatable bonds is 5. The van der Waals surface area contributed by atoms with Gasteiger partial charge in [-0.2, -0.15) is 5.10 Å². The minimum absolute atomic E-state index is 0.523. The van der Waals surface area contributed by atoms with Crippen molar-refractivity contribution >= 4 is 23.2 Å². The van der Waals surface area contributed by atoms with Crippen LogP contribution in [-0.4, -0.2) is 46.1 Å². The lowest BCUT2D eigenvalue weighted by atomic mass is 10.1. The van der Waals surface area contributed by atoms with Crippen molar-refractivity contribution in [3.05, 3.63) is 41.7 Å². The van der Waals surface area contributed by atoms with Crippen molar-refractivity contribution in [3.63, 3.8) is 0 Å². The zero-order chi connectivity index (χ0) is 19.2. The Labute approximate surface area is 159 Å². The second-order valence-electron chi connectivity index (χ2n) is 7.05. The second-order valence-corrected chi connectivity index (χ2v) is 7.05. The molecule has 2 amide bonds. The number of nitrogens with one attached hydrogen (secondary N) is 2. The Morgan fingerprint density at radius 3 is 2.56 bits per heavy atom. The molecule has 0 radical (unpaired) electrons. The predicted octanol–water partition coefficient (Wildman–Crippen LogP) is 2.56. The first-order chi connectivity index (χ1) is 13.0. The van der Waals surface area contributed by atoms with Crippen molar-refractivity contribution in [1.29, 1.82) is 0 Å². The number of hydrogen-bond donors (Lipinski definition) is 2. The van der Waals surface area contributed by atoms with Crippen molar-refractivity contribution in [3.8, 4) is 0 Å². The van der Waals surface area contributed by atoms with Crippen LogP contribution in [0.25, 0.3) is 0 Å². The quantitative estimate of drug-likeness (QED) is 0.794. The molecule has 1 aliphatic rings. The summed E-state index contributed by atoms with van der Waals surface area (Å²) in [5, 5.41) is 9.53. The molecule has 3 rings (SSSR count). The molecular weight excluding hydrogens is 342 g/mol. The number of piperidine rings is 1. The fourth-order valence-corrected chi connectivity index (χ4v) is 3.23. The molecule has 0 aliphatic carbocycles. The number of benzene rings is 1. The third kappa shape index (κ3) is 5.17. The fourth-order valence-electron chi connectivity index (χ4n) is 3.23. The monoisotopic (exact) mass is 369 g/mol. The first-order valence-electron chi connectivity index (χ1n) is 9.46. The largest absolute Gasteiger partial charge is 0.318 e. The molecule has 0 atom stereocenters. The molecule has 2 aromatic rings. The van der Waals surface area contributed by atoms with Gasteiger partial charge in [0.1, 0.15) is 0 Å². The third-order valence-corrected chi connectivity index (χ3v) is 5.04. The van der Waals surface area contributed by atoms with Crippen LogP contribution in [0, 0.1) is 13.8 Å². The van der Waals surface area contributed by atoms with E-state index in [-0.39, 0.29) is 0 Å². The molecule has 2 N–H and O–H groups in total. The first-order valence-corrected chi connectivity index (χ1v) is 9.46. The normalized spacial score (nSPS) is 14.7. The summed E-state index contributed by atoms with van der Waals surface area (Å²) >= 11 is 0. The van der Waals surface area contributed by atoms with Crippen LogP contribution in [0.1, 0.15) is 30.4 Å². The SMILES string of the molecule is Cc1cccc(NC(=O)C(=O)Nc2cnn(CCN3CCCCC3)c2)c1C. The molecule has 1 aromatic carbocycles. The highest BCUT2D eigenvalue weighted by molar-refractivity contribution is 6.43. The molecular formula is C20H27N5O2. The number of likely N-dealkylation sites (tertiary alicyclic amines) is 1. The van der Waals surface area contributed by atoms with Crippen molar-refractivity contribution in [2.45, 2.75) is 39.7 Å². The average Bonchev–Trinajstić information content (AvgIpc) is 3.12. The van der Waals surface area contributed by atoms with Gasteiger partial charge in [0.05, 0.1) is 18.4 Å². The van der Waals surface area contributed by atoms with Gasteiger partial charge in [0.2, 0.25) is 0 Å². The zero-order valence-corrected chi connectivity index (χ0v) is 16.0. The van der Waals surface area contributed by atoms with Crippen LogP contribution in [0.5, 0.6) is 0 Å². The maximum absolute atomic E-state index is 12.2. The van der Waals surface area contributed by atoms with Gasteiger partial charge in [0.15, 0.2) is 0 Å². The molecule has 7 heteroatoms. The molecule has 0 spiro atoms. The molecule has 0 unspecified atom stereocenters. The van der Waals surface area contributed by atoms with Gasteiger partial charge in [0, 0.05) is 18.4 Å². The van der Waals surface area contributed by atoms with Crippen molar-refractivity contribution < 1.29 is 9.59 Å². The van der Waals surface area contributed by atoms with Crippen LogP contribution in [0.4, 0.5) is 11.4 Å². The van der Waals surface area contributed by atoms with Gasteiger partial charge in [0.25, 0.3) is 0 Å². The number of carbonyl (C=O) groups excluding carboxylic acids is 2. The fraction of sp³-hybridized carbons (Fsp3) is 0.450. The number of nitrogens with zero attached hydrogens (tertiary/aromatic N) is 3. The van der Waals surface area contributed by atoms with E-state index in [2.05, 4.69) is 20.6 Å². The molecule has 0 saturated carbocycles. The van der Waals surface area contributed by atoms with Crippen LogP contribution in [0.2, 0.25) is 0 Å². The summed E-state index contributed by atoms with van der Waals surface area (Å²) in [7, 11) is 0. The Hall–Kier alpha value is -2.67. The summed E-state index contributed by atoms with van der Waals surface area (Å²) in [4.78, 5) is 26.8. The van der Waals surface area contributed by atoms with Crippen molar-refractivity contribution in [2.24, 2.45) is 0 Å². The Morgan fingerprint density at radius 1 is 1.04 bits per heavy atom. The van der Waals surface area contributed by atoms with E-state index >= 15 is 0 Å². The minimum Gasteiger partial charge on any atom is -0.318 e. The van der Waals surface area contributed by atoms with Crippen LogP contribution in [0.3, 0.4) is 0 Å². The number of carbonyl (C=O) groups is 2. The third-order valence-electron chi connectivity index (χ3n) is 5.04. The predicted molar refractivity (Wildman–Crippen MR) is 106 cm³/mol. The zero-order valence-electron chi connectivity index (χ0n) is 16.0. The number of anilines is 2. The van der Waals surface area contributed by atoms with E-state index in [0.29, 0.717) is 11.4 Å². The van der Waals surface area contributed by atoms with E-state index in [9.17, 15) is 9.59 Å². The lowest BCUT2D eigenvalue weighted by molar-refractivity contribution is -0.133. The molecule has 1 aromatic heterocycles. The Bertz CT molecular complexity index is 808. The molecule has 1 saturated heterocycles. The van der Waals surface area contributed by atoms with Gasteiger partial charge >= 0.3 is 11.8 Å². The number of hydrogen-bond acceptors (Lipinski definition) is 4. The molecule has 27 heavy (non-hydrogen) atoms. The van der Waals surface area contributed by atoms with Crippen molar-refractivity contribution in [1.82, 2.24) is 14.7 Å². The summed E-state index contributed by atoms with van der Waals surface area (Å²) in [5.74, 6) is -1.39. The number of aromatic nitrogens is 2. The maximum atomic E-state index is 12.2. The van der Waals surface area contributed by atoms with E-state index in [1.807, 2.05) is 26.0 Å². The van der Waals surface area contributed by atoms with Gasteiger partial charge in [-0.3, -0.25) is 14.3 Å². The maximum Gasteiger partial charge on any atom is 0.314 e. The smallest absolute Gasteiger partial charge is 0.314 e. The highest BCUT2D eigenvalue weighted by atomic mass is 16.2. The molecule has 7 nitrogen and oxygen atoms in total. The summed E-state index contributed by atoms with van der Waals surface area (Å²) in [6, 6.07) is 5.59. The highest BCUT2D eigenvalue weighted by Gasteiger charge is 2.16. The molecule has 1 aliphatic heterocycles. The highest BCUT2D eigenvalue weighted by Crippen LogP contribution is 2.18. The van der Waals surface area contributed by atoms with Gasteiger partial charge in [-0.25, -0.2) is 0 Å². The van der Waals surface area contributed by atoms with Gasteiger partial charge in [-0.1, -0.05) is 18.6 Å². The second kappa shape index (κ2) is 8.81. The summed E-state index contributed by atoms with van der Waals surface area (Å²) in [6.45, 7) is 7.87. The van der Waals surface area contributed by atoms with Crippen molar-refractivity contribution in [2.75, 3.05) is 30.3 Å². The number of aryl methyl sites for hydroxylation is 1. The standard InChI is InChI=1S/C20H27N5O2/c1-15-7-6-8-18(16(15)2)23-20(27)19(26)22-17-13-21-25(14-17)12-11-24-9-4-3-5-10-24/h6-8,13-14H,3-5,9-12H2,1-2H3,(H,22,26)(H,23,27). The first kappa shape index (κ1) is 19.1. The summed E-state index contributed by atoms with van der Waals surface area (Å²) in [5.41, 5.74) is 3.18. The molecule has 0 bridgehead atoms. The van der Waals surface area contributed by atoms with Gasteiger partial charge in [-0.15, -0.1) is 0 Å². The van der Waals surface area contributed by atoms with E-state index < -0.39 is 11.8 Å². The Balaban J connectivity index is 1.51. The van der Waals surface area contributed by atoms with Crippen LogP contribution >= 0.6 is 0 Å². The minimum atomic E-state index is -0.702. The number of amides is 2. The Morgan fingerprint density at radius 2 is 1.78 bits per heavy atom. The van der Waals surface area contributed by atoms with Crippen LogP contribution in [0.15, 0.2) is 30.6 Å². The lowest BCUT2D eigenvalue weighted by Gasteiger charge is -2.26. The molecule has 144 valence electrons.